The summed E-state index contributed by atoms with van der Waals surface area (Å²) < 4.78 is 4.84. The molecule has 0 saturated heterocycles. The molecule has 1 rings (SSSR count). The van der Waals surface area contributed by atoms with Crippen molar-refractivity contribution in [3.8, 4) is 0 Å². The highest BCUT2D eigenvalue weighted by Gasteiger charge is 2.13. The van der Waals surface area contributed by atoms with Crippen molar-refractivity contribution in [3.05, 3.63) is 35.4 Å². The van der Waals surface area contributed by atoms with Crippen LogP contribution in [0.25, 0.3) is 0 Å². The first-order chi connectivity index (χ1) is 8.34. The minimum Gasteiger partial charge on any atom is -0.375 e. The quantitative estimate of drug-likeness (QED) is 0.821. The summed E-state index contributed by atoms with van der Waals surface area (Å²) in [7, 11) is 3.32. The molecule has 3 heteroatoms. The fraction of sp³-hybridized carbons (Fsp3) is 0.533. The van der Waals surface area contributed by atoms with E-state index in [4.69, 9.17) is 4.74 Å². The Morgan fingerprint density at radius 3 is 2.22 bits per heavy atom. The summed E-state index contributed by atoms with van der Waals surface area (Å²) in [5.74, 6) is -0.00241. The summed E-state index contributed by atoms with van der Waals surface area (Å²) in [6, 6.07) is 8.42. The molecule has 1 aromatic carbocycles. The number of hydrogen-bond donors (Lipinski definition) is 0. The Bertz CT molecular complexity index is 390. The van der Waals surface area contributed by atoms with Gasteiger partial charge >= 0.3 is 0 Å². The maximum Gasteiger partial charge on any atom is 0.248 e. The molecule has 0 radical (unpaired) electrons. The summed E-state index contributed by atoms with van der Waals surface area (Å²) in [5.41, 5.74) is 2.60. The van der Waals surface area contributed by atoms with Crippen molar-refractivity contribution in [1.29, 1.82) is 0 Å². The number of nitrogens with zero attached hydrogens (tertiary/aromatic N) is 1. The molecule has 0 atom stereocenters. The van der Waals surface area contributed by atoms with Gasteiger partial charge in [0.25, 0.3) is 0 Å². The predicted octanol–water partition coefficient (Wildman–Crippen LogP) is 2.59. The third kappa shape index (κ3) is 4.15. The molecule has 18 heavy (non-hydrogen) atoms. The Morgan fingerprint density at radius 1 is 1.22 bits per heavy atom. The number of amides is 1. The second-order valence-corrected chi connectivity index (χ2v) is 5.63. The summed E-state index contributed by atoms with van der Waals surface area (Å²) >= 11 is 0. The monoisotopic (exact) mass is 249 g/mol. The smallest absolute Gasteiger partial charge is 0.248 e. The Labute approximate surface area is 110 Å². The highest BCUT2D eigenvalue weighted by Crippen LogP contribution is 2.22. The van der Waals surface area contributed by atoms with E-state index in [-0.39, 0.29) is 17.9 Å². The Hall–Kier alpha value is -1.35. The Morgan fingerprint density at radius 2 is 1.78 bits per heavy atom. The highest BCUT2D eigenvalue weighted by molar-refractivity contribution is 5.77. The average molecular weight is 249 g/mol. The van der Waals surface area contributed by atoms with Crippen LogP contribution < -0.4 is 0 Å². The van der Waals surface area contributed by atoms with Gasteiger partial charge in [0.15, 0.2) is 0 Å². The molecule has 0 aromatic heterocycles. The van der Waals surface area contributed by atoms with Crippen molar-refractivity contribution < 1.29 is 9.53 Å². The lowest BCUT2D eigenvalue weighted by Crippen LogP contribution is -2.29. The molecule has 0 heterocycles. The molecule has 0 aliphatic rings. The molecular formula is C15H23NO2. The zero-order chi connectivity index (χ0) is 13.8. The van der Waals surface area contributed by atoms with Gasteiger partial charge in [0.05, 0.1) is 0 Å². The van der Waals surface area contributed by atoms with Gasteiger partial charge in [0.1, 0.15) is 6.61 Å². The molecule has 0 aliphatic carbocycles. The maximum atomic E-state index is 11.6. The van der Waals surface area contributed by atoms with Gasteiger partial charge in [-0.3, -0.25) is 4.79 Å². The molecule has 1 amide bonds. The molecule has 0 saturated carbocycles. The normalized spacial score (nSPS) is 11.4. The fourth-order valence-corrected chi connectivity index (χ4v) is 1.71. The summed E-state index contributed by atoms with van der Waals surface area (Å²) in [5, 5.41) is 0. The van der Waals surface area contributed by atoms with Crippen LogP contribution in [0.5, 0.6) is 0 Å². The van der Waals surface area contributed by atoms with E-state index in [0.29, 0.717) is 6.54 Å². The lowest BCUT2D eigenvalue weighted by Gasteiger charge is -2.20. The Balaban J connectivity index is 2.67. The first kappa shape index (κ1) is 14.7. The lowest BCUT2D eigenvalue weighted by atomic mass is 9.87. The van der Waals surface area contributed by atoms with Crippen molar-refractivity contribution in [3.63, 3.8) is 0 Å². The number of benzene rings is 1. The predicted molar refractivity (Wildman–Crippen MR) is 73.5 cm³/mol. The van der Waals surface area contributed by atoms with Gasteiger partial charge < -0.3 is 9.64 Å². The largest absolute Gasteiger partial charge is 0.375 e. The van der Waals surface area contributed by atoms with E-state index in [1.165, 1.54) is 12.7 Å². The number of hydrogen-bond acceptors (Lipinski definition) is 2. The van der Waals surface area contributed by atoms with Crippen molar-refractivity contribution in [2.45, 2.75) is 32.7 Å². The fourth-order valence-electron chi connectivity index (χ4n) is 1.71. The third-order valence-corrected chi connectivity index (χ3v) is 2.93. The first-order valence-electron chi connectivity index (χ1n) is 6.17. The van der Waals surface area contributed by atoms with Crippen LogP contribution in [0.1, 0.15) is 31.9 Å². The van der Waals surface area contributed by atoms with E-state index >= 15 is 0 Å². The molecule has 3 nitrogen and oxygen atoms in total. The van der Waals surface area contributed by atoms with E-state index in [9.17, 15) is 4.79 Å². The average Bonchev–Trinajstić information content (AvgIpc) is 2.28. The molecule has 1 aromatic rings. The van der Waals surface area contributed by atoms with Crippen molar-refractivity contribution in [1.82, 2.24) is 4.90 Å². The summed E-state index contributed by atoms with van der Waals surface area (Å²) in [4.78, 5) is 13.3. The van der Waals surface area contributed by atoms with E-state index in [1.807, 2.05) is 0 Å². The van der Waals surface area contributed by atoms with Gasteiger partial charge in [0, 0.05) is 20.7 Å². The van der Waals surface area contributed by atoms with Gasteiger partial charge in [-0.1, -0.05) is 45.0 Å². The van der Waals surface area contributed by atoms with Crippen LogP contribution in [0.3, 0.4) is 0 Å². The number of carbonyl (C=O) groups is 1. The molecule has 100 valence electrons. The van der Waals surface area contributed by atoms with E-state index in [0.717, 1.165) is 5.56 Å². The zero-order valence-corrected chi connectivity index (χ0v) is 12.0. The lowest BCUT2D eigenvalue weighted by molar-refractivity contribution is -0.134. The maximum absolute atomic E-state index is 11.6. The van der Waals surface area contributed by atoms with Gasteiger partial charge in [-0.25, -0.2) is 0 Å². The summed E-state index contributed by atoms with van der Waals surface area (Å²) in [6.45, 7) is 7.33. The minimum atomic E-state index is -0.00241. The topological polar surface area (TPSA) is 29.5 Å². The van der Waals surface area contributed by atoms with Crippen molar-refractivity contribution in [2.24, 2.45) is 0 Å². The van der Waals surface area contributed by atoms with E-state index < -0.39 is 0 Å². The molecule has 0 bridgehead atoms. The van der Waals surface area contributed by atoms with Crippen LogP contribution in [-0.2, 0) is 21.5 Å². The van der Waals surface area contributed by atoms with Crippen LogP contribution in [0.4, 0.5) is 0 Å². The molecular weight excluding hydrogens is 226 g/mol. The summed E-state index contributed by atoms with van der Waals surface area (Å²) in [6.07, 6.45) is 0. The second-order valence-electron chi connectivity index (χ2n) is 5.63. The van der Waals surface area contributed by atoms with E-state index in [2.05, 4.69) is 45.0 Å². The van der Waals surface area contributed by atoms with E-state index in [1.54, 1.807) is 11.9 Å². The second kappa shape index (κ2) is 6.01. The van der Waals surface area contributed by atoms with Crippen LogP contribution in [0, 0.1) is 0 Å². The SMILES string of the molecule is COCC(=O)N(C)Cc1ccc(C(C)(C)C)cc1. The molecule has 0 N–H and O–H groups in total. The Kier molecular flexibility index (Phi) is 4.91. The highest BCUT2D eigenvalue weighted by atomic mass is 16.5. The number of rotatable bonds is 4. The minimum absolute atomic E-state index is 0.00241. The van der Waals surface area contributed by atoms with Crippen LogP contribution in [0.2, 0.25) is 0 Å². The molecule has 0 spiro atoms. The number of carbonyl (C=O) groups excluding carboxylic acids is 1. The van der Waals surface area contributed by atoms with Crippen LogP contribution >= 0.6 is 0 Å². The molecule has 0 aliphatic heterocycles. The van der Waals surface area contributed by atoms with Crippen LogP contribution in [0.15, 0.2) is 24.3 Å². The standard InChI is InChI=1S/C15H23NO2/c1-15(2,3)13-8-6-12(7-9-13)10-16(4)14(17)11-18-5/h6-9H,10-11H2,1-5H3. The molecule has 0 fully saturated rings. The van der Waals surface area contributed by atoms with Crippen molar-refractivity contribution in [2.75, 3.05) is 20.8 Å². The van der Waals surface area contributed by atoms with Crippen LogP contribution in [-0.4, -0.2) is 31.6 Å². The zero-order valence-electron chi connectivity index (χ0n) is 12.0. The number of ether oxygens (including phenoxy) is 1. The van der Waals surface area contributed by atoms with Gasteiger partial charge in [0.2, 0.25) is 5.91 Å². The van der Waals surface area contributed by atoms with Gasteiger partial charge in [-0.05, 0) is 16.5 Å². The number of likely N-dealkylation sites (N-methyl/N-ethyl adjacent to an activating group) is 1. The first-order valence-corrected chi connectivity index (χ1v) is 6.17. The number of methoxy groups -OCH3 is 1. The third-order valence-electron chi connectivity index (χ3n) is 2.93. The molecule has 0 unspecified atom stereocenters. The van der Waals surface area contributed by atoms with Gasteiger partial charge in [-0.15, -0.1) is 0 Å². The van der Waals surface area contributed by atoms with Gasteiger partial charge in [-0.2, -0.15) is 0 Å². The van der Waals surface area contributed by atoms with Crippen molar-refractivity contribution >= 4 is 5.91 Å².